The first-order valence-electron chi connectivity index (χ1n) is 8.62. The molecule has 0 bridgehead atoms. The van der Waals surface area contributed by atoms with Crippen molar-refractivity contribution in [1.29, 1.82) is 0 Å². The van der Waals surface area contributed by atoms with E-state index < -0.39 is 41.2 Å². The second-order valence-corrected chi connectivity index (χ2v) is 6.52. The molecule has 0 atom stereocenters. The number of anilines is 1. The number of halogens is 4. The first-order chi connectivity index (χ1) is 14.4. The van der Waals surface area contributed by atoms with E-state index in [0.29, 0.717) is 11.3 Å². The quantitative estimate of drug-likeness (QED) is 0.380. The summed E-state index contributed by atoms with van der Waals surface area (Å²) < 4.78 is 54.9. The van der Waals surface area contributed by atoms with E-state index in [9.17, 15) is 37.3 Å². The minimum atomic E-state index is -4.50. The molecular weight excluding hydrogens is 426 g/mol. The van der Waals surface area contributed by atoms with Crippen LogP contribution in [0.1, 0.15) is 20.7 Å². The van der Waals surface area contributed by atoms with Crippen molar-refractivity contribution in [2.24, 2.45) is 0 Å². The Morgan fingerprint density at radius 1 is 1.13 bits per heavy atom. The zero-order valence-electron chi connectivity index (χ0n) is 16.3. The average molecular weight is 443 g/mol. The number of nitrogens with zero attached hydrogens (tertiary/aromatic N) is 2. The molecule has 0 heterocycles. The monoisotopic (exact) mass is 443 g/mol. The zero-order valence-corrected chi connectivity index (χ0v) is 16.3. The predicted molar refractivity (Wildman–Crippen MR) is 102 cm³/mol. The molecule has 8 nitrogen and oxygen atoms in total. The van der Waals surface area contributed by atoms with Gasteiger partial charge in [-0.2, -0.15) is 8.78 Å². The Labute approximate surface area is 173 Å². The van der Waals surface area contributed by atoms with Crippen molar-refractivity contribution in [3.8, 4) is 5.75 Å². The van der Waals surface area contributed by atoms with E-state index in [1.807, 2.05) is 0 Å². The van der Waals surface area contributed by atoms with Crippen LogP contribution < -0.4 is 10.1 Å². The molecule has 0 aliphatic heterocycles. The Balaban J connectivity index is 2.17. The van der Waals surface area contributed by atoms with Crippen molar-refractivity contribution in [2.75, 3.05) is 26.0 Å². The highest BCUT2D eigenvalue weighted by molar-refractivity contribution is 6.05. The molecule has 1 N–H and O–H groups in total. The maximum atomic E-state index is 13.0. The van der Waals surface area contributed by atoms with Crippen molar-refractivity contribution < 1.29 is 36.8 Å². The van der Waals surface area contributed by atoms with Crippen LogP contribution in [0.2, 0.25) is 0 Å². The van der Waals surface area contributed by atoms with Crippen LogP contribution in [0.15, 0.2) is 42.5 Å². The molecule has 0 radical (unpaired) electrons. The van der Waals surface area contributed by atoms with Gasteiger partial charge in [0, 0.05) is 37.0 Å². The molecule has 12 heteroatoms. The van der Waals surface area contributed by atoms with Crippen molar-refractivity contribution in [1.82, 2.24) is 4.90 Å². The van der Waals surface area contributed by atoms with E-state index in [1.54, 1.807) is 14.1 Å². The van der Waals surface area contributed by atoms with Gasteiger partial charge in [0.25, 0.3) is 11.8 Å². The van der Waals surface area contributed by atoms with E-state index in [1.165, 1.54) is 29.2 Å². The van der Waals surface area contributed by atoms with Crippen LogP contribution >= 0.6 is 0 Å². The number of nitro benzene ring substituents is 1. The summed E-state index contributed by atoms with van der Waals surface area (Å²) in [4.78, 5) is 35.8. The lowest BCUT2D eigenvalue weighted by Crippen LogP contribution is -2.33. The van der Waals surface area contributed by atoms with Gasteiger partial charge in [-0.3, -0.25) is 19.7 Å². The van der Waals surface area contributed by atoms with Gasteiger partial charge in [-0.15, -0.1) is 0 Å². The molecule has 0 aliphatic rings. The smallest absolute Gasteiger partial charge is 0.340 e. The van der Waals surface area contributed by atoms with Gasteiger partial charge in [0.05, 0.1) is 4.92 Å². The molecule has 0 saturated carbocycles. The molecule has 2 rings (SSSR count). The Kier molecular flexibility index (Phi) is 7.16. The van der Waals surface area contributed by atoms with Gasteiger partial charge >= 0.3 is 18.0 Å². The maximum absolute atomic E-state index is 13.0. The Morgan fingerprint density at radius 3 is 2.23 bits per heavy atom. The number of carbonyl (C=O) groups excluding carboxylic acids is 2. The molecular formula is C19H17F4N3O5. The molecule has 2 amide bonds. The van der Waals surface area contributed by atoms with Gasteiger partial charge in [0.15, 0.2) is 12.4 Å². The van der Waals surface area contributed by atoms with Crippen molar-refractivity contribution in [2.45, 2.75) is 12.3 Å². The highest BCUT2D eigenvalue weighted by Crippen LogP contribution is 2.31. The lowest BCUT2D eigenvalue weighted by atomic mass is 10.1. The van der Waals surface area contributed by atoms with Crippen LogP contribution in [-0.4, -0.2) is 54.7 Å². The summed E-state index contributed by atoms with van der Waals surface area (Å²) in [6, 6.07) is 8.55. The molecule has 0 saturated heterocycles. The van der Waals surface area contributed by atoms with Gasteiger partial charge in [-0.05, 0) is 36.4 Å². The summed E-state index contributed by atoms with van der Waals surface area (Å²) in [5.41, 5.74) is -0.377. The standard InChI is InChI=1S/C19H17F4N3O5/c1-25(2)17(28)11-3-6-13(7-4-11)24-16(27)12-5-8-15(14(9-12)26(29)30)31-10-19(22,23)18(20)21/h3-9,18H,10H2,1-2H3,(H,24,27). The SMILES string of the molecule is CN(C)C(=O)c1ccc(NC(=O)c2ccc(OCC(F)(F)C(F)F)c([N+](=O)[O-])c2)cc1. The Hall–Kier alpha value is -3.70. The van der Waals surface area contributed by atoms with Gasteiger partial charge < -0.3 is 15.0 Å². The molecule has 2 aromatic carbocycles. The highest BCUT2D eigenvalue weighted by atomic mass is 19.3. The number of nitrogens with one attached hydrogen (secondary N) is 1. The summed E-state index contributed by atoms with van der Waals surface area (Å²) >= 11 is 0. The molecule has 0 aliphatic carbocycles. The number of benzene rings is 2. The summed E-state index contributed by atoms with van der Waals surface area (Å²) in [5.74, 6) is -6.20. The zero-order chi connectivity index (χ0) is 23.3. The normalized spacial score (nSPS) is 11.2. The molecule has 0 aromatic heterocycles. The Morgan fingerprint density at radius 2 is 1.71 bits per heavy atom. The number of hydrogen-bond acceptors (Lipinski definition) is 5. The average Bonchev–Trinajstić information content (AvgIpc) is 2.71. The fraction of sp³-hybridized carbons (Fsp3) is 0.263. The summed E-state index contributed by atoms with van der Waals surface area (Å²) in [5, 5.41) is 13.7. The minimum Gasteiger partial charge on any atom is -0.480 e. The van der Waals surface area contributed by atoms with E-state index in [2.05, 4.69) is 10.1 Å². The largest absolute Gasteiger partial charge is 0.480 e. The lowest BCUT2D eigenvalue weighted by molar-refractivity contribution is -0.386. The fourth-order valence-corrected chi connectivity index (χ4v) is 2.32. The molecule has 2 aromatic rings. The number of amides is 2. The molecule has 166 valence electrons. The van der Waals surface area contributed by atoms with Gasteiger partial charge in [0.1, 0.15) is 0 Å². The van der Waals surface area contributed by atoms with E-state index in [-0.39, 0.29) is 11.5 Å². The topological polar surface area (TPSA) is 102 Å². The van der Waals surface area contributed by atoms with Crippen molar-refractivity contribution in [3.63, 3.8) is 0 Å². The van der Waals surface area contributed by atoms with Crippen LogP contribution in [0.25, 0.3) is 0 Å². The third kappa shape index (κ3) is 5.90. The fourth-order valence-electron chi connectivity index (χ4n) is 2.32. The summed E-state index contributed by atoms with van der Waals surface area (Å²) in [6.07, 6.45) is -4.00. The van der Waals surface area contributed by atoms with Gasteiger partial charge in [0.2, 0.25) is 0 Å². The first-order valence-corrected chi connectivity index (χ1v) is 8.62. The van der Waals surface area contributed by atoms with Crippen LogP contribution in [0.4, 0.5) is 28.9 Å². The Bertz CT molecular complexity index is 981. The molecule has 0 spiro atoms. The minimum absolute atomic E-state index is 0.201. The molecule has 31 heavy (non-hydrogen) atoms. The number of alkyl halides is 4. The second kappa shape index (κ2) is 9.41. The third-order valence-corrected chi connectivity index (χ3v) is 3.95. The molecule has 0 unspecified atom stereocenters. The van der Waals surface area contributed by atoms with Crippen LogP contribution in [0, 0.1) is 10.1 Å². The highest BCUT2D eigenvalue weighted by Gasteiger charge is 2.42. The second-order valence-electron chi connectivity index (χ2n) is 6.52. The number of carbonyl (C=O) groups is 2. The van der Waals surface area contributed by atoms with Crippen molar-refractivity contribution >= 4 is 23.2 Å². The van der Waals surface area contributed by atoms with Crippen molar-refractivity contribution in [3.05, 3.63) is 63.7 Å². The number of ether oxygens (including phenoxy) is 1. The number of rotatable bonds is 8. The van der Waals surface area contributed by atoms with E-state index in [4.69, 9.17) is 0 Å². The van der Waals surface area contributed by atoms with Crippen LogP contribution in [-0.2, 0) is 0 Å². The summed E-state index contributed by atoms with van der Waals surface area (Å²) in [7, 11) is 3.15. The maximum Gasteiger partial charge on any atom is 0.340 e. The summed E-state index contributed by atoms with van der Waals surface area (Å²) in [6.45, 7) is -1.77. The molecule has 0 fully saturated rings. The van der Waals surface area contributed by atoms with Crippen LogP contribution in [0.5, 0.6) is 5.75 Å². The van der Waals surface area contributed by atoms with E-state index >= 15 is 0 Å². The lowest BCUT2D eigenvalue weighted by Gasteiger charge is -2.16. The van der Waals surface area contributed by atoms with E-state index in [0.717, 1.165) is 18.2 Å². The number of nitro groups is 1. The third-order valence-electron chi connectivity index (χ3n) is 3.95. The van der Waals surface area contributed by atoms with Gasteiger partial charge in [-0.25, -0.2) is 8.78 Å². The van der Waals surface area contributed by atoms with Gasteiger partial charge in [-0.1, -0.05) is 0 Å². The first kappa shape index (κ1) is 23.6. The predicted octanol–water partition coefficient (Wildman–Crippen LogP) is 3.83. The van der Waals surface area contributed by atoms with Crippen LogP contribution in [0.3, 0.4) is 0 Å². The number of hydrogen-bond donors (Lipinski definition) is 1.